The van der Waals surface area contributed by atoms with Crippen LogP contribution in [-0.2, 0) is 16.0 Å². The number of hydrogen-bond donors (Lipinski definition) is 5. The second-order valence-corrected chi connectivity index (χ2v) is 12.7. The molecule has 45 heavy (non-hydrogen) atoms. The Kier molecular flexibility index (Phi) is 8.44. The molecule has 0 spiro atoms. The number of benzene rings is 3. The molecule has 0 aliphatic heterocycles. The fourth-order valence-corrected chi connectivity index (χ4v) is 6.45. The highest BCUT2D eigenvalue weighted by Crippen LogP contribution is 2.32. The van der Waals surface area contributed by atoms with E-state index in [0.717, 1.165) is 52.0 Å². The average molecular weight is 608 g/mol. The molecular formula is C35H41N7O3. The molecule has 2 heterocycles. The molecule has 1 fully saturated rings. The zero-order chi connectivity index (χ0) is 31.8. The zero-order valence-electron chi connectivity index (χ0n) is 26.0. The summed E-state index contributed by atoms with van der Waals surface area (Å²) in [7, 11) is 0. The first-order chi connectivity index (χ1) is 21.6. The third-order valence-corrected chi connectivity index (χ3v) is 9.16. The summed E-state index contributed by atoms with van der Waals surface area (Å²) < 4.78 is 0. The van der Waals surface area contributed by atoms with E-state index in [0.29, 0.717) is 47.9 Å². The third kappa shape index (κ3) is 6.21. The summed E-state index contributed by atoms with van der Waals surface area (Å²) in [6.07, 6.45) is 3.31. The molecule has 0 saturated heterocycles. The van der Waals surface area contributed by atoms with Crippen LogP contribution in [0.1, 0.15) is 62.4 Å². The molecule has 1 aliphatic rings. The Balaban J connectivity index is 1.23. The molecule has 10 heteroatoms. The number of aromatic nitrogens is 4. The van der Waals surface area contributed by atoms with Crippen molar-refractivity contribution in [2.75, 3.05) is 11.4 Å². The van der Waals surface area contributed by atoms with Gasteiger partial charge in [0.1, 0.15) is 5.82 Å². The predicted octanol–water partition coefficient (Wildman–Crippen LogP) is 5.03. The maximum Gasteiger partial charge on any atom is 0.323 e. The number of nitrogens with two attached hydrogens (primary N) is 2. The number of hydrogen-bond acceptors (Lipinski definition) is 6. The standard InChI is InChI=1S/C35H41N7O3/c1-19(2)32-38-29-14-20(3)26(17-31(29)39-32)23-8-4-21(5-9-23)15-27(37)34(44)42(33(43)24-10-6-22(18-36)7-11-24)25-12-13-28-30(16-25)41-35(45)40-28/h4-5,8-9,12-14,16-17,19,22,24,27H,6-7,10-11,15,18,36-37H2,1-3H3,(H,38,39)(H2,40,41,45)/t22?,24?,27-/m1/s1. The molecule has 0 radical (unpaired) electrons. The van der Waals surface area contributed by atoms with E-state index >= 15 is 0 Å². The second-order valence-electron chi connectivity index (χ2n) is 12.7. The fourth-order valence-electron chi connectivity index (χ4n) is 6.45. The van der Waals surface area contributed by atoms with Gasteiger partial charge in [0, 0.05) is 11.8 Å². The number of rotatable bonds is 8. The molecular weight excluding hydrogens is 566 g/mol. The van der Waals surface area contributed by atoms with Gasteiger partial charge < -0.3 is 26.4 Å². The van der Waals surface area contributed by atoms with E-state index in [1.807, 2.05) is 24.3 Å². The lowest BCUT2D eigenvalue weighted by atomic mass is 9.81. The van der Waals surface area contributed by atoms with Crippen molar-refractivity contribution in [1.29, 1.82) is 0 Å². The fraction of sp³-hybridized carbons (Fsp3) is 0.371. The zero-order valence-corrected chi connectivity index (χ0v) is 26.0. The third-order valence-electron chi connectivity index (χ3n) is 9.16. The largest absolute Gasteiger partial charge is 0.342 e. The Morgan fingerprint density at radius 2 is 1.64 bits per heavy atom. The number of nitrogens with zero attached hydrogens (tertiary/aromatic N) is 2. The van der Waals surface area contributed by atoms with Gasteiger partial charge in [0.2, 0.25) is 5.91 Å². The van der Waals surface area contributed by atoms with Gasteiger partial charge in [-0.2, -0.15) is 0 Å². The Labute approximate surface area is 261 Å². The van der Waals surface area contributed by atoms with Gasteiger partial charge in [-0.15, -0.1) is 0 Å². The summed E-state index contributed by atoms with van der Waals surface area (Å²) in [5.41, 5.74) is 19.7. The number of aryl methyl sites for hydroxylation is 1. The van der Waals surface area contributed by atoms with Crippen LogP contribution in [-0.4, -0.2) is 44.3 Å². The van der Waals surface area contributed by atoms with Crippen molar-refractivity contribution in [2.24, 2.45) is 23.3 Å². The second kappa shape index (κ2) is 12.5. The minimum Gasteiger partial charge on any atom is -0.342 e. The molecule has 1 aliphatic carbocycles. The number of imide groups is 1. The monoisotopic (exact) mass is 607 g/mol. The molecule has 0 bridgehead atoms. The number of amides is 2. The SMILES string of the molecule is Cc1cc2[nH]c(C(C)C)nc2cc1-c1ccc(C[C@@H](N)C(=O)N(C(=O)C2CCC(CN)CC2)c2ccc3[nH]c(=O)[nH]c3c2)cc1. The van der Waals surface area contributed by atoms with Crippen LogP contribution in [0.15, 0.2) is 59.4 Å². The number of carbonyl (C=O) groups is 2. The lowest BCUT2D eigenvalue weighted by Crippen LogP contribution is -2.50. The van der Waals surface area contributed by atoms with Crippen molar-refractivity contribution in [3.05, 3.63) is 82.0 Å². The van der Waals surface area contributed by atoms with E-state index in [2.05, 4.69) is 47.9 Å². The summed E-state index contributed by atoms with van der Waals surface area (Å²) in [5.74, 6) is 0.646. The lowest BCUT2D eigenvalue weighted by molar-refractivity contribution is -0.130. The highest BCUT2D eigenvalue weighted by atomic mass is 16.2. The van der Waals surface area contributed by atoms with Crippen molar-refractivity contribution in [2.45, 2.75) is 64.8 Å². The van der Waals surface area contributed by atoms with E-state index in [-0.39, 0.29) is 23.9 Å². The van der Waals surface area contributed by atoms with Gasteiger partial charge >= 0.3 is 5.69 Å². The van der Waals surface area contributed by atoms with Gasteiger partial charge in [-0.25, -0.2) is 14.7 Å². The van der Waals surface area contributed by atoms with Crippen LogP contribution in [0.2, 0.25) is 0 Å². The number of imidazole rings is 2. The van der Waals surface area contributed by atoms with Crippen molar-refractivity contribution in [1.82, 2.24) is 19.9 Å². The van der Waals surface area contributed by atoms with Crippen molar-refractivity contribution >= 4 is 39.6 Å². The number of anilines is 1. The number of nitrogens with one attached hydrogen (secondary N) is 3. The van der Waals surface area contributed by atoms with Gasteiger partial charge in [0.05, 0.1) is 33.8 Å². The van der Waals surface area contributed by atoms with Crippen LogP contribution in [0, 0.1) is 18.8 Å². The number of fused-ring (bicyclic) bond motifs is 2. The van der Waals surface area contributed by atoms with Crippen LogP contribution >= 0.6 is 0 Å². The van der Waals surface area contributed by atoms with E-state index < -0.39 is 11.9 Å². The minimum atomic E-state index is -0.947. The Morgan fingerprint density at radius 3 is 2.33 bits per heavy atom. The Hall–Kier alpha value is -4.54. The quantitative estimate of drug-likeness (QED) is 0.166. The minimum absolute atomic E-state index is 0.261. The van der Waals surface area contributed by atoms with Gasteiger partial charge in [0.15, 0.2) is 0 Å². The molecule has 7 N–H and O–H groups in total. The van der Waals surface area contributed by atoms with E-state index in [9.17, 15) is 14.4 Å². The molecule has 5 aromatic rings. The van der Waals surface area contributed by atoms with Crippen LogP contribution in [0.3, 0.4) is 0 Å². The molecule has 1 saturated carbocycles. The molecule has 2 aromatic heterocycles. The molecule has 1 atom stereocenters. The molecule has 6 rings (SSSR count). The van der Waals surface area contributed by atoms with E-state index in [1.165, 1.54) is 4.90 Å². The van der Waals surface area contributed by atoms with Gasteiger partial charge in [0.25, 0.3) is 5.91 Å². The topological polar surface area (TPSA) is 167 Å². The predicted molar refractivity (Wildman–Crippen MR) is 178 cm³/mol. The van der Waals surface area contributed by atoms with Gasteiger partial charge in [-0.3, -0.25) is 9.59 Å². The van der Waals surface area contributed by atoms with Crippen LogP contribution < -0.4 is 22.1 Å². The van der Waals surface area contributed by atoms with Crippen LogP contribution in [0.4, 0.5) is 5.69 Å². The van der Waals surface area contributed by atoms with E-state index in [4.69, 9.17) is 16.5 Å². The summed E-state index contributed by atoms with van der Waals surface area (Å²) in [6, 6.07) is 16.3. The molecule has 2 amide bonds. The summed E-state index contributed by atoms with van der Waals surface area (Å²) in [4.78, 5) is 54.6. The smallest absolute Gasteiger partial charge is 0.323 e. The highest BCUT2D eigenvalue weighted by molar-refractivity contribution is 6.17. The molecule has 10 nitrogen and oxygen atoms in total. The maximum absolute atomic E-state index is 14.0. The van der Waals surface area contributed by atoms with Crippen LogP contribution in [0.5, 0.6) is 0 Å². The Morgan fingerprint density at radius 1 is 0.933 bits per heavy atom. The first-order valence-corrected chi connectivity index (χ1v) is 15.8. The normalized spacial score (nSPS) is 17.6. The summed E-state index contributed by atoms with van der Waals surface area (Å²) in [5, 5.41) is 0. The molecule has 234 valence electrons. The number of aromatic amines is 3. The van der Waals surface area contributed by atoms with Crippen molar-refractivity contribution in [3.8, 4) is 11.1 Å². The first-order valence-electron chi connectivity index (χ1n) is 15.8. The van der Waals surface area contributed by atoms with Gasteiger partial charge in [-0.1, -0.05) is 38.1 Å². The van der Waals surface area contributed by atoms with Crippen LogP contribution in [0.25, 0.3) is 33.2 Å². The average Bonchev–Trinajstić information content (AvgIpc) is 3.63. The van der Waals surface area contributed by atoms with Crippen molar-refractivity contribution < 1.29 is 9.59 Å². The van der Waals surface area contributed by atoms with Crippen molar-refractivity contribution in [3.63, 3.8) is 0 Å². The Bertz CT molecular complexity index is 1910. The van der Waals surface area contributed by atoms with Gasteiger partial charge in [-0.05, 0) is 104 Å². The first kappa shape index (κ1) is 30.5. The molecule has 3 aromatic carbocycles. The van der Waals surface area contributed by atoms with E-state index in [1.54, 1.807) is 18.2 Å². The number of carbonyl (C=O) groups excluding carboxylic acids is 2. The number of H-pyrrole nitrogens is 3. The summed E-state index contributed by atoms with van der Waals surface area (Å²) >= 11 is 0. The molecule has 0 unspecified atom stereocenters. The summed E-state index contributed by atoms with van der Waals surface area (Å²) in [6.45, 7) is 6.91. The maximum atomic E-state index is 14.0. The lowest BCUT2D eigenvalue weighted by Gasteiger charge is -2.32. The highest BCUT2D eigenvalue weighted by Gasteiger charge is 2.35.